The van der Waals surface area contributed by atoms with Gasteiger partial charge in [0.15, 0.2) is 0 Å². The largest absolute Gasteiger partial charge is 0.385 e. The molecule has 1 aromatic rings. The van der Waals surface area contributed by atoms with Crippen molar-refractivity contribution in [2.24, 2.45) is 18.7 Å². The molecule has 0 fully saturated rings. The van der Waals surface area contributed by atoms with Gasteiger partial charge in [-0.3, -0.25) is 0 Å². The molecule has 2 unspecified atom stereocenters. The molecule has 0 aliphatic heterocycles. The molecule has 1 aliphatic carbocycles. The summed E-state index contributed by atoms with van der Waals surface area (Å²) in [7, 11) is 2.01. The van der Waals surface area contributed by atoms with Gasteiger partial charge < -0.3 is 15.4 Å². The fourth-order valence-electron chi connectivity index (χ4n) is 2.71. The molecule has 3 nitrogen and oxygen atoms in total. The van der Waals surface area contributed by atoms with E-state index in [-0.39, 0.29) is 0 Å². The summed E-state index contributed by atoms with van der Waals surface area (Å²) >= 11 is 0. The third-order valence-electron chi connectivity index (χ3n) is 3.69. The predicted octanol–water partition coefficient (Wildman–Crippen LogP) is 1.14. The van der Waals surface area contributed by atoms with E-state index in [4.69, 9.17) is 5.73 Å². The Morgan fingerprint density at radius 2 is 2.33 bits per heavy atom. The topological polar surface area (TPSA) is 51.2 Å². The van der Waals surface area contributed by atoms with Crippen LogP contribution in [0.4, 0.5) is 0 Å². The van der Waals surface area contributed by atoms with Gasteiger partial charge in [0.25, 0.3) is 0 Å². The average Bonchev–Trinajstić information content (AvgIpc) is 2.55. The summed E-state index contributed by atoms with van der Waals surface area (Å²) in [6, 6.07) is 0. The van der Waals surface area contributed by atoms with Crippen LogP contribution in [0.3, 0.4) is 0 Å². The Labute approximate surface area is 90.9 Å². The van der Waals surface area contributed by atoms with Gasteiger partial charge in [-0.25, -0.2) is 0 Å². The summed E-state index contributed by atoms with van der Waals surface area (Å²) in [5, 5.41) is 10.7. The highest BCUT2D eigenvalue weighted by molar-refractivity contribution is 5.33. The lowest BCUT2D eigenvalue weighted by Gasteiger charge is -2.38. The van der Waals surface area contributed by atoms with Crippen LogP contribution in [0.25, 0.3) is 0 Å². The van der Waals surface area contributed by atoms with Gasteiger partial charge in [-0.2, -0.15) is 0 Å². The number of nitrogens with two attached hydrogens (primary N) is 1. The molecule has 84 valence electrons. The van der Waals surface area contributed by atoms with E-state index >= 15 is 0 Å². The Hall–Kier alpha value is -0.800. The molecule has 0 radical (unpaired) electrons. The van der Waals surface area contributed by atoms with E-state index in [2.05, 4.69) is 13.1 Å². The van der Waals surface area contributed by atoms with Crippen LogP contribution in [0.1, 0.15) is 30.9 Å². The van der Waals surface area contributed by atoms with E-state index < -0.39 is 5.60 Å². The monoisotopic (exact) mass is 208 g/mol. The van der Waals surface area contributed by atoms with Crippen molar-refractivity contribution in [3.63, 3.8) is 0 Å². The zero-order valence-corrected chi connectivity index (χ0v) is 9.53. The number of fused-ring (bicyclic) bond motifs is 1. The Morgan fingerprint density at radius 3 is 3.00 bits per heavy atom. The molecule has 15 heavy (non-hydrogen) atoms. The first-order valence-electron chi connectivity index (χ1n) is 5.65. The zero-order valence-electron chi connectivity index (χ0n) is 9.53. The zero-order chi connectivity index (χ0) is 11.1. The van der Waals surface area contributed by atoms with E-state index in [0.717, 1.165) is 18.4 Å². The lowest BCUT2D eigenvalue weighted by molar-refractivity contribution is -0.0330. The van der Waals surface area contributed by atoms with Crippen LogP contribution in [0.2, 0.25) is 0 Å². The van der Waals surface area contributed by atoms with Crippen LogP contribution in [-0.2, 0) is 19.1 Å². The Kier molecular flexibility index (Phi) is 2.61. The van der Waals surface area contributed by atoms with Crippen molar-refractivity contribution in [1.82, 2.24) is 4.57 Å². The first-order valence-corrected chi connectivity index (χ1v) is 5.65. The lowest BCUT2D eigenvalue weighted by atomic mass is 9.72. The van der Waals surface area contributed by atoms with Crippen molar-refractivity contribution < 1.29 is 5.11 Å². The molecule has 2 rings (SSSR count). The maximum Gasteiger partial charge on any atom is 0.0951 e. The summed E-state index contributed by atoms with van der Waals surface area (Å²) in [5.74, 6) is 0.302. The van der Waals surface area contributed by atoms with Crippen molar-refractivity contribution in [2.45, 2.75) is 31.8 Å². The molecule has 0 saturated carbocycles. The summed E-state index contributed by atoms with van der Waals surface area (Å²) in [6.45, 7) is 2.65. The Balaban J connectivity index is 2.44. The number of rotatable bonds is 2. The smallest absolute Gasteiger partial charge is 0.0951 e. The van der Waals surface area contributed by atoms with E-state index in [1.807, 2.05) is 17.8 Å². The minimum absolute atomic E-state index is 0.302. The molecule has 3 heteroatoms. The molecule has 0 bridgehead atoms. The van der Waals surface area contributed by atoms with Crippen molar-refractivity contribution in [3.8, 4) is 0 Å². The number of hydrogen-bond acceptors (Lipinski definition) is 2. The number of aliphatic hydroxyl groups is 1. The molecule has 0 spiro atoms. The second kappa shape index (κ2) is 3.65. The van der Waals surface area contributed by atoms with Crippen molar-refractivity contribution in [1.29, 1.82) is 0 Å². The van der Waals surface area contributed by atoms with Crippen LogP contribution in [-0.4, -0.2) is 16.2 Å². The molecule has 0 aromatic carbocycles. The Morgan fingerprint density at radius 1 is 1.60 bits per heavy atom. The van der Waals surface area contributed by atoms with Crippen LogP contribution in [0, 0.1) is 5.92 Å². The number of aryl methyl sites for hydroxylation is 2. The highest BCUT2D eigenvalue weighted by atomic mass is 16.3. The molecular weight excluding hydrogens is 188 g/mol. The second-order valence-electron chi connectivity index (χ2n) is 4.77. The van der Waals surface area contributed by atoms with E-state index in [0.29, 0.717) is 18.9 Å². The third kappa shape index (κ3) is 1.60. The van der Waals surface area contributed by atoms with Gasteiger partial charge in [0.2, 0.25) is 0 Å². The van der Waals surface area contributed by atoms with Gasteiger partial charge in [0.1, 0.15) is 0 Å². The molecular formula is C12H20N2O. The lowest BCUT2D eigenvalue weighted by Crippen LogP contribution is -2.39. The van der Waals surface area contributed by atoms with Gasteiger partial charge in [-0.15, -0.1) is 0 Å². The first kappa shape index (κ1) is 10.7. The van der Waals surface area contributed by atoms with E-state index in [9.17, 15) is 5.11 Å². The first-order chi connectivity index (χ1) is 7.08. The van der Waals surface area contributed by atoms with E-state index in [1.54, 1.807) is 0 Å². The van der Waals surface area contributed by atoms with Gasteiger partial charge in [-0.05, 0) is 37.3 Å². The van der Waals surface area contributed by atoms with Crippen LogP contribution < -0.4 is 5.73 Å². The van der Waals surface area contributed by atoms with Crippen LogP contribution in [0.5, 0.6) is 0 Å². The quantitative estimate of drug-likeness (QED) is 0.766. The standard InChI is InChI=1S/C12H20N2O/c1-9-3-4-10-7-14(2)8-11(10)12(9,15)5-6-13/h7-9,15H,3-6,13H2,1-2H3. The number of nitrogens with zero attached hydrogens (tertiary/aromatic N) is 1. The maximum absolute atomic E-state index is 10.7. The average molecular weight is 208 g/mol. The summed E-state index contributed by atoms with van der Waals surface area (Å²) < 4.78 is 2.03. The SMILES string of the molecule is CC1CCc2cn(C)cc2C1(O)CCN. The van der Waals surface area contributed by atoms with Crippen molar-refractivity contribution in [2.75, 3.05) is 6.54 Å². The molecule has 0 amide bonds. The van der Waals surface area contributed by atoms with Gasteiger partial charge in [-0.1, -0.05) is 6.92 Å². The summed E-state index contributed by atoms with van der Waals surface area (Å²) in [5.41, 5.74) is 7.27. The van der Waals surface area contributed by atoms with Crippen molar-refractivity contribution >= 4 is 0 Å². The molecule has 3 N–H and O–H groups in total. The number of aromatic nitrogens is 1. The fraction of sp³-hybridized carbons (Fsp3) is 0.667. The Bertz CT molecular complexity index is 359. The van der Waals surface area contributed by atoms with Crippen LogP contribution in [0.15, 0.2) is 12.4 Å². The minimum Gasteiger partial charge on any atom is -0.385 e. The fourth-order valence-corrected chi connectivity index (χ4v) is 2.71. The highest BCUT2D eigenvalue weighted by Crippen LogP contribution is 2.41. The highest BCUT2D eigenvalue weighted by Gasteiger charge is 2.40. The van der Waals surface area contributed by atoms with Crippen molar-refractivity contribution in [3.05, 3.63) is 23.5 Å². The predicted molar refractivity (Wildman–Crippen MR) is 60.5 cm³/mol. The summed E-state index contributed by atoms with van der Waals surface area (Å²) in [6.07, 6.45) is 6.94. The molecule has 0 saturated heterocycles. The molecule has 1 heterocycles. The molecule has 1 aromatic heterocycles. The van der Waals surface area contributed by atoms with Gasteiger partial charge in [0.05, 0.1) is 5.60 Å². The minimum atomic E-state index is -0.705. The van der Waals surface area contributed by atoms with Gasteiger partial charge >= 0.3 is 0 Å². The summed E-state index contributed by atoms with van der Waals surface area (Å²) in [4.78, 5) is 0. The van der Waals surface area contributed by atoms with Gasteiger partial charge in [0, 0.05) is 25.0 Å². The van der Waals surface area contributed by atoms with Crippen LogP contribution >= 0.6 is 0 Å². The molecule has 2 atom stereocenters. The molecule has 1 aliphatic rings. The third-order valence-corrected chi connectivity index (χ3v) is 3.69. The van der Waals surface area contributed by atoms with E-state index in [1.165, 1.54) is 5.56 Å². The second-order valence-corrected chi connectivity index (χ2v) is 4.77. The number of hydrogen-bond donors (Lipinski definition) is 2. The normalized spacial score (nSPS) is 30.3. The maximum atomic E-state index is 10.7.